The van der Waals surface area contributed by atoms with Crippen LogP contribution in [0.1, 0.15) is 62.0 Å². The van der Waals surface area contributed by atoms with E-state index in [-0.39, 0.29) is 28.5 Å². The van der Waals surface area contributed by atoms with Crippen LogP contribution >= 0.6 is 11.3 Å². The van der Waals surface area contributed by atoms with Crippen molar-refractivity contribution in [1.82, 2.24) is 4.90 Å². The third-order valence-corrected chi connectivity index (χ3v) is 12.8. The summed E-state index contributed by atoms with van der Waals surface area (Å²) in [6.07, 6.45) is 7.12. The van der Waals surface area contributed by atoms with Gasteiger partial charge in [-0.2, -0.15) is 0 Å². The highest BCUT2D eigenvalue weighted by molar-refractivity contribution is 7.19. The molecule has 1 unspecified atom stereocenters. The van der Waals surface area contributed by atoms with Gasteiger partial charge in [-0.25, -0.2) is 0 Å². The monoisotopic (exact) mass is 573 g/mol. The summed E-state index contributed by atoms with van der Waals surface area (Å²) in [6, 6.07) is 15.9. The average Bonchev–Trinajstić information content (AvgIpc) is 3.59. The zero-order chi connectivity index (χ0) is 28.0. The van der Waals surface area contributed by atoms with E-state index in [0.717, 1.165) is 49.6 Å². The summed E-state index contributed by atoms with van der Waals surface area (Å²) in [5.74, 6) is 2.74. The van der Waals surface area contributed by atoms with E-state index in [1.165, 1.54) is 45.5 Å². The number of fused-ring (bicyclic) bond motifs is 1. The molecule has 0 amide bonds. The maximum atomic E-state index is 7.14. The zero-order valence-electron chi connectivity index (χ0n) is 24.9. The minimum Gasteiger partial charge on any atom is -0.493 e. The summed E-state index contributed by atoms with van der Waals surface area (Å²) >= 11 is 1.84. The third kappa shape index (κ3) is 3.63. The molecule has 1 aromatic heterocycles. The van der Waals surface area contributed by atoms with Crippen molar-refractivity contribution in [3.63, 3.8) is 0 Å². The molecule has 0 N–H and O–H groups in total. The van der Waals surface area contributed by atoms with Gasteiger partial charge in [-0.15, -0.1) is 11.3 Å². The Morgan fingerprint density at radius 1 is 1.12 bits per heavy atom. The molecule has 5 nitrogen and oxygen atoms in total. The second kappa shape index (κ2) is 9.44. The second-order valence-electron chi connectivity index (χ2n) is 13.8. The predicted octanol–water partition coefficient (Wildman–Crippen LogP) is 6.99. The van der Waals surface area contributed by atoms with Crippen molar-refractivity contribution in [2.75, 3.05) is 33.9 Å². The van der Waals surface area contributed by atoms with Crippen molar-refractivity contribution in [2.24, 2.45) is 16.7 Å². The number of likely N-dealkylation sites (tertiary alicyclic amines) is 1. The number of ether oxygens (including phenoxy) is 4. The zero-order valence-corrected chi connectivity index (χ0v) is 25.7. The van der Waals surface area contributed by atoms with Crippen LogP contribution in [-0.4, -0.2) is 57.1 Å². The number of hydrogen-bond acceptors (Lipinski definition) is 6. The molecular formula is C35H43NO4S. The maximum absolute atomic E-state index is 7.14. The van der Waals surface area contributed by atoms with E-state index in [1.54, 1.807) is 7.11 Å². The minimum atomic E-state index is -0.177. The molecule has 218 valence electrons. The van der Waals surface area contributed by atoms with Crippen LogP contribution in [0, 0.1) is 16.7 Å². The quantitative estimate of drug-likeness (QED) is 0.276. The fraction of sp³-hybridized carbons (Fsp3) is 0.600. The van der Waals surface area contributed by atoms with E-state index in [2.05, 4.69) is 61.2 Å². The van der Waals surface area contributed by atoms with E-state index in [4.69, 9.17) is 18.9 Å². The molecule has 1 spiro atoms. The van der Waals surface area contributed by atoms with Gasteiger partial charge in [-0.05, 0) is 80.1 Å². The summed E-state index contributed by atoms with van der Waals surface area (Å²) in [7, 11) is 3.66. The Morgan fingerprint density at radius 2 is 1.98 bits per heavy atom. The van der Waals surface area contributed by atoms with Crippen LogP contribution in [-0.2, 0) is 27.9 Å². The Balaban J connectivity index is 1.19. The Labute approximate surface area is 248 Å². The Hall–Kier alpha value is -2.12. The van der Waals surface area contributed by atoms with Crippen molar-refractivity contribution in [3.8, 4) is 11.5 Å². The fourth-order valence-corrected chi connectivity index (χ4v) is 11.0. The van der Waals surface area contributed by atoms with Gasteiger partial charge >= 0.3 is 0 Å². The molecule has 1 saturated heterocycles. The van der Waals surface area contributed by atoms with Crippen molar-refractivity contribution >= 4 is 21.4 Å². The largest absolute Gasteiger partial charge is 0.493 e. The molecule has 3 aliphatic carbocycles. The molecule has 6 atom stereocenters. The molecular weight excluding hydrogens is 530 g/mol. The maximum Gasteiger partial charge on any atom is 0.165 e. The molecule has 41 heavy (non-hydrogen) atoms. The van der Waals surface area contributed by atoms with E-state index in [0.29, 0.717) is 19.3 Å². The standard InChI is InChI=1S/C35H43NO4S/c1-5-34-20-33(2,21-39-19-25-16-23-8-6-7-9-27(23)41-25)31(38-4)32-35(34)14-15-36(18-22-10-11-22)28(34)17-24-12-13-26(37-3)30(40-32)29(24)35/h6-9,12-13,16,22,28,31-32H,5,10-11,14-15,17-21H2,1-4H3/t28-,31?,32+,33-,34-,35+/m1/s1. The summed E-state index contributed by atoms with van der Waals surface area (Å²) in [5, 5.41) is 1.30. The van der Waals surface area contributed by atoms with Crippen LogP contribution < -0.4 is 9.47 Å². The lowest BCUT2D eigenvalue weighted by molar-refractivity contribution is -0.228. The lowest BCUT2D eigenvalue weighted by Gasteiger charge is -2.69. The van der Waals surface area contributed by atoms with Crippen LogP contribution in [0.3, 0.4) is 0 Å². The number of nitrogens with zero attached hydrogens (tertiary/aromatic N) is 1. The van der Waals surface area contributed by atoms with Crippen LogP contribution in [0.2, 0.25) is 0 Å². The normalized spacial score (nSPS) is 35.4. The van der Waals surface area contributed by atoms with E-state index in [9.17, 15) is 0 Å². The summed E-state index contributed by atoms with van der Waals surface area (Å²) in [5.41, 5.74) is 2.78. The van der Waals surface area contributed by atoms with Crippen molar-refractivity contribution in [3.05, 3.63) is 58.5 Å². The highest BCUT2D eigenvalue weighted by atomic mass is 32.1. The van der Waals surface area contributed by atoms with Gasteiger partial charge in [-0.1, -0.05) is 38.1 Å². The number of piperidine rings is 1. The van der Waals surface area contributed by atoms with Crippen molar-refractivity contribution in [2.45, 2.75) is 82.6 Å². The van der Waals surface area contributed by atoms with Crippen molar-refractivity contribution in [1.29, 1.82) is 0 Å². The van der Waals surface area contributed by atoms with Crippen LogP contribution in [0.15, 0.2) is 42.5 Å². The van der Waals surface area contributed by atoms with E-state index in [1.807, 2.05) is 18.4 Å². The van der Waals surface area contributed by atoms with Gasteiger partial charge in [0.25, 0.3) is 0 Å². The van der Waals surface area contributed by atoms with Gasteiger partial charge in [-0.3, -0.25) is 4.90 Å². The van der Waals surface area contributed by atoms with Gasteiger partial charge < -0.3 is 18.9 Å². The van der Waals surface area contributed by atoms with E-state index < -0.39 is 0 Å². The molecule has 8 rings (SSSR count). The fourth-order valence-electron chi connectivity index (χ4n) is 9.96. The minimum absolute atomic E-state index is 0.0462. The highest BCUT2D eigenvalue weighted by Gasteiger charge is 2.76. The Bertz CT molecular complexity index is 1450. The Morgan fingerprint density at radius 3 is 2.73 bits per heavy atom. The molecule has 5 aliphatic rings. The van der Waals surface area contributed by atoms with Crippen molar-refractivity contribution < 1.29 is 18.9 Å². The lowest BCUT2D eigenvalue weighted by atomic mass is 9.39. The lowest BCUT2D eigenvalue weighted by Crippen LogP contribution is -2.76. The number of methoxy groups -OCH3 is 2. The number of benzene rings is 2. The summed E-state index contributed by atoms with van der Waals surface area (Å²) in [4.78, 5) is 4.17. The van der Waals surface area contributed by atoms with Gasteiger partial charge in [0.1, 0.15) is 12.2 Å². The second-order valence-corrected chi connectivity index (χ2v) is 15.0. The SMILES string of the molecule is CC[C@]12C[C@](C)(COCc3cc4ccccc4s3)C(OC)[C@@H]3Oc4c(OC)ccc5c4[C@@]31CCN(CC1CC1)[C@@H]2C5. The molecule has 3 heterocycles. The topological polar surface area (TPSA) is 40.2 Å². The van der Waals surface area contributed by atoms with Gasteiger partial charge in [0.15, 0.2) is 11.5 Å². The van der Waals surface area contributed by atoms with Crippen LogP contribution in [0.5, 0.6) is 11.5 Å². The molecule has 6 heteroatoms. The first-order valence-corrected chi connectivity index (χ1v) is 16.5. The van der Waals surface area contributed by atoms with Crippen LogP contribution in [0.25, 0.3) is 10.1 Å². The molecule has 2 bridgehead atoms. The number of hydrogen-bond donors (Lipinski definition) is 0. The smallest absolute Gasteiger partial charge is 0.165 e. The summed E-state index contributed by atoms with van der Waals surface area (Å²) in [6.45, 7) is 8.55. The first-order chi connectivity index (χ1) is 20.0. The average molecular weight is 574 g/mol. The van der Waals surface area contributed by atoms with E-state index >= 15 is 0 Å². The predicted molar refractivity (Wildman–Crippen MR) is 163 cm³/mol. The first-order valence-electron chi connectivity index (χ1n) is 15.7. The molecule has 0 radical (unpaired) electrons. The number of thiophene rings is 1. The first kappa shape index (κ1) is 26.5. The van der Waals surface area contributed by atoms with Gasteiger partial charge in [0.05, 0.1) is 20.3 Å². The van der Waals surface area contributed by atoms with Gasteiger partial charge in [0, 0.05) is 51.1 Å². The molecule has 2 aliphatic heterocycles. The highest BCUT2D eigenvalue weighted by Crippen LogP contribution is 2.73. The molecule has 3 fully saturated rings. The van der Waals surface area contributed by atoms with Gasteiger partial charge in [0.2, 0.25) is 0 Å². The molecule has 3 aromatic rings. The number of rotatable bonds is 9. The third-order valence-electron chi connectivity index (χ3n) is 11.7. The van der Waals surface area contributed by atoms with Crippen LogP contribution in [0.4, 0.5) is 0 Å². The summed E-state index contributed by atoms with van der Waals surface area (Å²) < 4.78 is 27.5. The Kier molecular flexibility index (Phi) is 6.10. The molecule has 2 saturated carbocycles. The molecule has 2 aromatic carbocycles.